The van der Waals surface area contributed by atoms with Crippen molar-refractivity contribution in [3.63, 3.8) is 0 Å². The Hall–Kier alpha value is -0.0800. The number of ether oxygens (including phenoxy) is 2. The summed E-state index contributed by atoms with van der Waals surface area (Å²) in [4.78, 5) is 0. The summed E-state index contributed by atoms with van der Waals surface area (Å²) in [6.45, 7) is 6.72. The third-order valence-electron chi connectivity index (χ3n) is 3.04. The van der Waals surface area contributed by atoms with E-state index < -0.39 is 0 Å². The van der Waals surface area contributed by atoms with Gasteiger partial charge in [0.1, 0.15) is 0 Å². The number of hydrogen-bond donors (Lipinski definition) is 0. The van der Waals surface area contributed by atoms with Gasteiger partial charge in [-0.2, -0.15) is 0 Å². The van der Waals surface area contributed by atoms with Crippen LogP contribution in [0.15, 0.2) is 0 Å². The van der Waals surface area contributed by atoms with Crippen LogP contribution in [0.1, 0.15) is 33.6 Å². The quantitative estimate of drug-likeness (QED) is 0.637. The fourth-order valence-corrected chi connectivity index (χ4v) is 1.88. The Morgan fingerprint density at radius 3 is 2.58 bits per heavy atom. The zero-order chi connectivity index (χ0) is 9.14. The minimum Gasteiger partial charge on any atom is -0.356 e. The topological polar surface area (TPSA) is 18.5 Å². The Balaban J connectivity index is 2.52. The van der Waals surface area contributed by atoms with Gasteiger partial charge >= 0.3 is 0 Å². The molecule has 1 aliphatic rings. The third kappa shape index (κ3) is 1.99. The lowest BCUT2D eigenvalue weighted by molar-refractivity contribution is -0.209. The fourth-order valence-electron chi connectivity index (χ4n) is 1.88. The standard InChI is InChI=1S/C10H20O2/c1-5-9-8(3)7(2)6-10(11-4)12-9/h7-10H,5-6H2,1-4H3. The lowest BCUT2D eigenvalue weighted by Gasteiger charge is -2.38. The minimum atomic E-state index is 0.0288. The van der Waals surface area contributed by atoms with E-state index in [1.807, 2.05) is 0 Å². The van der Waals surface area contributed by atoms with Crippen molar-refractivity contribution >= 4 is 0 Å². The van der Waals surface area contributed by atoms with E-state index in [1.165, 1.54) is 0 Å². The Bertz CT molecular complexity index is 136. The van der Waals surface area contributed by atoms with Gasteiger partial charge in [-0.1, -0.05) is 20.8 Å². The first-order valence-corrected chi connectivity index (χ1v) is 4.87. The van der Waals surface area contributed by atoms with Crippen molar-refractivity contribution in [2.45, 2.75) is 46.0 Å². The Kier molecular flexibility index (Phi) is 3.53. The first-order chi connectivity index (χ1) is 5.69. The van der Waals surface area contributed by atoms with Crippen molar-refractivity contribution in [3.05, 3.63) is 0 Å². The van der Waals surface area contributed by atoms with Gasteiger partial charge in [0.25, 0.3) is 0 Å². The Labute approximate surface area is 75.2 Å². The van der Waals surface area contributed by atoms with Crippen molar-refractivity contribution in [2.24, 2.45) is 11.8 Å². The van der Waals surface area contributed by atoms with Crippen LogP contribution in [0, 0.1) is 11.8 Å². The van der Waals surface area contributed by atoms with Crippen LogP contribution in [0.2, 0.25) is 0 Å². The first kappa shape index (κ1) is 10.0. The molecule has 12 heavy (non-hydrogen) atoms. The molecular weight excluding hydrogens is 152 g/mol. The molecule has 0 amide bonds. The lowest BCUT2D eigenvalue weighted by atomic mass is 9.84. The van der Waals surface area contributed by atoms with E-state index in [0.717, 1.165) is 12.8 Å². The van der Waals surface area contributed by atoms with Crippen LogP contribution in [0.25, 0.3) is 0 Å². The van der Waals surface area contributed by atoms with E-state index in [2.05, 4.69) is 20.8 Å². The molecule has 0 saturated carbocycles. The summed E-state index contributed by atoms with van der Waals surface area (Å²) in [6, 6.07) is 0. The van der Waals surface area contributed by atoms with Gasteiger partial charge in [0.2, 0.25) is 0 Å². The molecule has 1 heterocycles. The van der Waals surface area contributed by atoms with Gasteiger partial charge in [-0.3, -0.25) is 0 Å². The second-order valence-electron chi connectivity index (χ2n) is 3.82. The molecule has 2 heteroatoms. The molecule has 2 nitrogen and oxygen atoms in total. The SMILES string of the molecule is CCC1OC(OC)CC(C)C1C. The summed E-state index contributed by atoms with van der Waals surface area (Å²) in [7, 11) is 1.72. The second-order valence-corrected chi connectivity index (χ2v) is 3.82. The van der Waals surface area contributed by atoms with Gasteiger partial charge in [-0.25, -0.2) is 0 Å². The minimum absolute atomic E-state index is 0.0288. The molecule has 0 spiro atoms. The highest BCUT2D eigenvalue weighted by molar-refractivity contribution is 4.76. The highest BCUT2D eigenvalue weighted by Crippen LogP contribution is 2.31. The van der Waals surface area contributed by atoms with Crippen molar-refractivity contribution in [1.82, 2.24) is 0 Å². The van der Waals surface area contributed by atoms with Crippen LogP contribution in [0.4, 0.5) is 0 Å². The first-order valence-electron chi connectivity index (χ1n) is 4.87. The van der Waals surface area contributed by atoms with Crippen LogP contribution >= 0.6 is 0 Å². The van der Waals surface area contributed by atoms with Gasteiger partial charge in [0.05, 0.1) is 6.10 Å². The van der Waals surface area contributed by atoms with Gasteiger partial charge in [-0.05, 0) is 18.3 Å². The molecule has 0 aromatic heterocycles. The predicted octanol–water partition coefficient (Wildman–Crippen LogP) is 2.43. The molecule has 0 bridgehead atoms. The van der Waals surface area contributed by atoms with Crippen molar-refractivity contribution < 1.29 is 9.47 Å². The number of hydrogen-bond acceptors (Lipinski definition) is 2. The lowest BCUT2D eigenvalue weighted by Crippen LogP contribution is -2.39. The maximum absolute atomic E-state index is 5.75. The summed E-state index contributed by atoms with van der Waals surface area (Å²) in [5.41, 5.74) is 0. The maximum Gasteiger partial charge on any atom is 0.157 e. The summed E-state index contributed by atoms with van der Waals surface area (Å²) in [6.07, 6.45) is 2.54. The zero-order valence-electron chi connectivity index (χ0n) is 8.54. The number of rotatable bonds is 2. The van der Waals surface area contributed by atoms with Crippen LogP contribution in [0.5, 0.6) is 0 Å². The maximum atomic E-state index is 5.75. The van der Waals surface area contributed by atoms with E-state index in [9.17, 15) is 0 Å². The zero-order valence-corrected chi connectivity index (χ0v) is 8.54. The Morgan fingerprint density at radius 2 is 2.08 bits per heavy atom. The molecule has 0 aromatic rings. The molecule has 0 aliphatic carbocycles. The number of methoxy groups -OCH3 is 1. The summed E-state index contributed by atoms with van der Waals surface area (Å²) >= 11 is 0. The molecule has 0 N–H and O–H groups in total. The third-order valence-corrected chi connectivity index (χ3v) is 3.04. The molecule has 1 saturated heterocycles. The largest absolute Gasteiger partial charge is 0.356 e. The predicted molar refractivity (Wildman–Crippen MR) is 48.9 cm³/mol. The van der Waals surface area contributed by atoms with Gasteiger partial charge in [0, 0.05) is 13.5 Å². The Morgan fingerprint density at radius 1 is 1.42 bits per heavy atom. The average Bonchev–Trinajstić information content (AvgIpc) is 2.09. The molecular formula is C10H20O2. The van der Waals surface area contributed by atoms with E-state index in [0.29, 0.717) is 17.9 Å². The smallest absolute Gasteiger partial charge is 0.157 e. The van der Waals surface area contributed by atoms with E-state index in [4.69, 9.17) is 9.47 Å². The highest BCUT2D eigenvalue weighted by atomic mass is 16.7. The van der Waals surface area contributed by atoms with Crippen LogP contribution in [0.3, 0.4) is 0 Å². The van der Waals surface area contributed by atoms with Crippen LogP contribution in [-0.4, -0.2) is 19.5 Å². The fraction of sp³-hybridized carbons (Fsp3) is 1.00. The molecule has 1 rings (SSSR count). The monoisotopic (exact) mass is 172 g/mol. The molecule has 4 atom stereocenters. The average molecular weight is 172 g/mol. The van der Waals surface area contributed by atoms with E-state index >= 15 is 0 Å². The van der Waals surface area contributed by atoms with Crippen molar-refractivity contribution in [2.75, 3.05) is 7.11 Å². The van der Waals surface area contributed by atoms with E-state index in [-0.39, 0.29) is 6.29 Å². The van der Waals surface area contributed by atoms with Crippen LogP contribution < -0.4 is 0 Å². The van der Waals surface area contributed by atoms with Crippen LogP contribution in [-0.2, 0) is 9.47 Å². The summed E-state index contributed by atoms with van der Waals surface area (Å²) < 4.78 is 11.0. The molecule has 72 valence electrons. The summed E-state index contributed by atoms with van der Waals surface area (Å²) in [5, 5.41) is 0. The van der Waals surface area contributed by atoms with Gasteiger partial charge in [-0.15, -0.1) is 0 Å². The molecule has 1 fully saturated rings. The van der Waals surface area contributed by atoms with Crippen molar-refractivity contribution in [3.8, 4) is 0 Å². The van der Waals surface area contributed by atoms with Crippen molar-refractivity contribution in [1.29, 1.82) is 0 Å². The normalized spacial score (nSPS) is 43.0. The van der Waals surface area contributed by atoms with Gasteiger partial charge < -0.3 is 9.47 Å². The molecule has 0 aromatic carbocycles. The van der Waals surface area contributed by atoms with E-state index in [1.54, 1.807) is 7.11 Å². The molecule has 1 aliphatic heterocycles. The molecule has 4 unspecified atom stereocenters. The summed E-state index contributed by atoms with van der Waals surface area (Å²) in [5.74, 6) is 1.38. The highest BCUT2D eigenvalue weighted by Gasteiger charge is 2.32. The second kappa shape index (κ2) is 4.24. The van der Waals surface area contributed by atoms with Gasteiger partial charge in [0.15, 0.2) is 6.29 Å². The molecule has 0 radical (unpaired) electrons.